The first-order valence-corrected chi connectivity index (χ1v) is 7.07. The number of thioether (sulfide) groups is 1. The summed E-state index contributed by atoms with van der Waals surface area (Å²) < 4.78 is 37.8. The van der Waals surface area contributed by atoms with E-state index in [1.54, 1.807) is 17.5 Å². The molecule has 1 amide bonds. The van der Waals surface area contributed by atoms with Crippen molar-refractivity contribution in [3.63, 3.8) is 0 Å². The van der Waals surface area contributed by atoms with Crippen molar-refractivity contribution in [2.24, 2.45) is 0 Å². The number of nitrogens with one attached hydrogen (secondary N) is 1. The molecule has 2 atom stereocenters. The molecule has 1 aliphatic heterocycles. The van der Waals surface area contributed by atoms with Crippen molar-refractivity contribution in [1.82, 2.24) is 5.32 Å². The van der Waals surface area contributed by atoms with Gasteiger partial charge in [0.1, 0.15) is 5.25 Å². The van der Waals surface area contributed by atoms with Gasteiger partial charge in [-0.05, 0) is 35.5 Å². The van der Waals surface area contributed by atoms with Gasteiger partial charge in [-0.1, -0.05) is 24.3 Å². The molecule has 6 heteroatoms. The second-order valence-corrected chi connectivity index (χ2v) is 5.72. The van der Waals surface area contributed by atoms with Crippen LogP contribution in [0.4, 0.5) is 13.2 Å². The van der Waals surface area contributed by atoms with Gasteiger partial charge in [-0.15, -0.1) is 11.8 Å². The third-order valence-corrected chi connectivity index (χ3v) is 4.43. The Hall–Kier alpha value is -1.43. The molecular formula is C14H14F3NOS. The maximum absolute atomic E-state index is 12.6. The van der Waals surface area contributed by atoms with Crippen LogP contribution in [-0.2, 0) is 4.79 Å². The Morgan fingerprint density at radius 1 is 1.35 bits per heavy atom. The summed E-state index contributed by atoms with van der Waals surface area (Å²) in [5.41, 5.74) is 2.42. The largest absolute Gasteiger partial charge is 0.401 e. The molecule has 0 saturated carbocycles. The fourth-order valence-electron chi connectivity index (χ4n) is 2.02. The summed E-state index contributed by atoms with van der Waals surface area (Å²) in [6.07, 6.45) is -3.52. The van der Waals surface area contributed by atoms with Crippen LogP contribution in [0.3, 0.4) is 0 Å². The molecule has 0 saturated heterocycles. The van der Waals surface area contributed by atoms with Crippen molar-refractivity contribution >= 4 is 23.7 Å². The van der Waals surface area contributed by atoms with Gasteiger partial charge >= 0.3 is 6.18 Å². The molecule has 1 unspecified atom stereocenters. The number of carbonyl (C=O) groups excluding carboxylic acids is 1. The predicted octanol–water partition coefficient (Wildman–Crippen LogP) is 3.90. The minimum atomic E-state index is -4.16. The molecule has 1 aromatic carbocycles. The quantitative estimate of drug-likeness (QED) is 0.855. The molecule has 0 radical (unpaired) electrons. The predicted molar refractivity (Wildman–Crippen MR) is 74.1 cm³/mol. The topological polar surface area (TPSA) is 29.1 Å². The average molecular weight is 301 g/mol. The van der Waals surface area contributed by atoms with Crippen molar-refractivity contribution in [3.05, 3.63) is 40.8 Å². The van der Waals surface area contributed by atoms with Crippen LogP contribution in [0, 0.1) is 0 Å². The maximum Gasteiger partial charge on any atom is 0.401 e. The Balaban J connectivity index is 2.06. The third kappa shape index (κ3) is 3.36. The van der Waals surface area contributed by atoms with Gasteiger partial charge in [-0.2, -0.15) is 13.2 Å². The summed E-state index contributed by atoms with van der Waals surface area (Å²) in [7, 11) is 0. The zero-order chi connectivity index (χ0) is 14.8. The minimum absolute atomic E-state index is 0.00958. The summed E-state index contributed by atoms with van der Waals surface area (Å²) in [5.74, 6) is 0. The number of amides is 1. The number of benzene rings is 1. The van der Waals surface area contributed by atoms with Gasteiger partial charge < -0.3 is 5.32 Å². The Morgan fingerprint density at radius 3 is 2.50 bits per heavy atom. The standard InChI is InChI=1S/C14H14F3NOS/c1-9(18-8-19)10-2-4-11(5-3-10)12-6-13(20-7-12)14(15,16)17/h2-5,7-9,13H,6H2,1H3,(H,18,19)/t9-,13?/m0/s1. The van der Waals surface area contributed by atoms with Gasteiger partial charge in [0, 0.05) is 0 Å². The molecule has 1 N–H and O–H groups in total. The molecular weight excluding hydrogens is 287 g/mol. The number of hydrogen-bond acceptors (Lipinski definition) is 2. The first kappa shape index (κ1) is 15.0. The lowest BCUT2D eigenvalue weighted by Gasteiger charge is -2.14. The highest BCUT2D eigenvalue weighted by atomic mass is 32.2. The van der Waals surface area contributed by atoms with Crippen LogP contribution >= 0.6 is 11.8 Å². The van der Waals surface area contributed by atoms with Gasteiger partial charge in [0.15, 0.2) is 0 Å². The zero-order valence-corrected chi connectivity index (χ0v) is 11.6. The molecule has 2 rings (SSSR count). The van der Waals surface area contributed by atoms with Gasteiger partial charge in [-0.25, -0.2) is 0 Å². The molecule has 0 spiro atoms. The minimum Gasteiger partial charge on any atom is -0.352 e. The van der Waals surface area contributed by atoms with E-state index in [0.717, 1.165) is 22.9 Å². The van der Waals surface area contributed by atoms with Crippen LogP contribution in [0.1, 0.15) is 30.5 Å². The molecule has 20 heavy (non-hydrogen) atoms. The molecule has 0 aliphatic carbocycles. The molecule has 0 aromatic heterocycles. The van der Waals surface area contributed by atoms with Crippen molar-refractivity contribution < 1.29 is 18.0 Å². The number of alkyl halides is 3. The normalized spacial score (nSPS) is 20.4. The zero-order valence-electron chi connectivity index (χ0n) is 10.8. The fourth-order valence-corrected chi connectivity index (χ4v) is 3.01. The summed E-state index contributed by atoms with van der Waals surface area (Å²) >= 11 is 0.825. The third-order valence-electron chi connectivity index (χ3n) is 3.24. The summed E-state index contributed by atoms with van der Waals surface area (Å²) in [5, 5.41) is 2.87. The molecule has 2 nitrogen and oxygen atoms in total. The Kier molecular flexibility index (Phi) is 4.42. The van der Waals surface area contributed by atoms with Gasteiger partial charge in [0.25, 0.3) is 0 Å². The highest BCUT2D eigenvalue weighted by Gasteiger charge is 2.42. The van der Waals surface area contributed by atoms with E-state index < -0.39 is 11.4 Å². The van der Waals surface area contributed by atoms with E-state index in [1.807, 2.05) is 19.1 Å². The van der Waals surface area contributed by atoms with Gasteiger partial charge in [0.2, 0.25) is 6.41 Å². The fraction of sp³-hybridized carbons (Fsp3) is 0.357. The van der Waals surface area contributed by atoms with E-state index in [0.29, 0.717) is 12.0 Å². The van der Waals surface area contributed by atoms with Crippen molar-refractivity contribution in [2.45, 2.75) is 30.8 Å². The second-order valence-electron chi connectivity index (χ2n) is 4.64. The van der Waals surface area contributed by atoms with Crippen LogP contribution in [0.15, 0.2) is 29.7 Å². The summed E-state index contributed by atoms with van der Waals surface area (Å²) in [4.78, 5) is 10.4. The van der Waals surface area contributed by atoms with E-state index in [4.69, 9.17) is 0 Å². The van der Waals surface area contributed by atoms with Gasteiger partial charge in [0.05, 0.1) is 6.04 Å². The summed E-state index contributed by atoms with van der Waals surface area (Å²) in [6.45, 7) is 1.84. The maximum atomic E-state index is 12.6. The van der Waals surface area contributed by atoms with Crippen LogP contribution in [0.5, 0.6) is 0 Å². The second kappa shape index (κ2) is 5.91. The van der Waals surface area contributed by atoms with E-state index in [-0.39, 0.29) is 12.5 Å². The molecule has 0 bridgehead atoms. The highest BCUT2D eigenvalue weighted by molar-refractivity contribution is 8.03. The van der Waals surface area contributed by atoms with Crippen LogP contribution < -0.4 is 5.32 Å². The number of hydrogen-bond donors (Lipinski definition) is 1. The van der Waals surface area contributed by atoms with E-state index in [1.165, 1.54) is 0 Å². The van der Waals surface area contributed by atoms with E-state index in [2.05, 4.69) is 5.32 Å². The lowest BCUT2D eigenvalue weighted by molar-refractivity contribution is -0.127. The smallest absolute Gasteiger partial charge is 0.352 e. The number of rotatable bonds is 4. The van der Waals surface area contributed by atoms with Crippen molar-refractivity contribution in [3.8, 4) is 0 Å². The lowest BCUT2D eigenvalue weighted by atomic mass is 9.99. The van der Waals surface area contributed by atoms with Crippen molar-refractivity contribution in [2.75, 3.05) is 0 Å². The van der Waals surface area contributed by atoms with Crippen LogP contribution in [0.25, 0.3) is 5.57 Å². The monoisotopic (exact) mass is 301 g/mol. The number of carbonyl (C=O) groups is 1. The molecule has 0 fully saturated rings. The SMILES string of the molecule is C[C@H](NC=O)c1ccc(C2=CSC(C(F)(F)F)C2)cc1. The molecule has 1 heterocycles. The lowest BCUT2D eigenvalue weighted by Crippen LogP contribution is -2.23. The Labute approximate surface area is 119 Å². The Bertz CT molecular complexity index is 510. The summed E-state index contributed by atoms with van der Waals surface area (Å²) in [6, 6.07) is 7.12. The highest BCUT2D eigenvalue weighted by Crippen LogP contribution is 2.44. The van der Waals surface area contributed by atoms with E-state index in [9.17, 15) is 18.0 Å². The molecule has 108 valence electrons. The number of halogens is 3. The number of allylic oxidation sites excluding steroid dienone is 1. The van der Waals surface area contributed by atoms with Crippen LogP contribution in [-0.4, -0.2) is 17.8 Å². The first-order valence-electron chi connectivity index (χ1n) is 6.13. The first-order chi connectivity index (χ1) is 9.41. The van der Waals surface area contributed by atoms with E-state index >= 15 is 0 Å². The van der Waals surface area contributed by atoms with Gasteiger partial charge in [-0.3, -0.25) is 4.79 Å². The van der Waals surface area contributed by atoms with Crippen LogP contribution in [0.2, 0.25) is 0 Å². The Morgan fingerprint density at radius 2 is 2.00 bits per heavy atom. The molecule has 1 aliphatic rings. The average Bonchev–Trinajstić information content (AvgIpc) is 2.89. The molecule has 1 aromatic rings. The van der Waals surface area contributed by atoms with Crippen molar-refractivity contribution in [1.29, 1.82) is 0 Å².